The van der Waals surface area contributed by atoms with Crippen molar-refractivity contribution in [3.8, 4) is 0 Å². The number of hydrazine groups is 1. The van der Waals surface area contributed by atoms with Gasteiger partial charge in [0, 0.05) is 18.5 Å². The van der Waals surface area contributed by atoms with E-state index in [1.54, 1.807) is 11.3 Å². The minimum Gasteiger partial charge on any atom is -0.378 e. The molecule has 2 aromatic rings. The number of nitrogens with zero attached hydrogens (tertiary/aromatic N) is 2. The van der Waals surface area contributed by atoms with E-state index in [2.05, 4.69) is 27.3 Å². The Hall–Kier alpha value is -2.38. The number of rotatable bonds is 6. The van der Waals surface area contributed by atoms with E-state index in [9.17, 15) is 4.79 Å². The van der Waals surface area contributed by atoms with Crippen molar-refractivity contribution in [1.82, 2.24) is 15.8 Å². The SMILES string of the molecule is C=C(NNC(=O)Cc1csc(N2CCOCC2)n1)c1ccccc1. The van der Waals surface area contributed by atoms with Crippen molar-refractivity contribution in [2.45, 2.75) is 6.42 Å². The Balaban J connectivity index is 1.48. The molecule has 1 amide bonds. The number of carbonyl (C=O) groups excluding carboxylic acids is 1. The molecule has 3 rings (SSSR count). The monoisotopic (exact) mass is 344 g/mol. The van der Waals surface area contributed by atoms with Gasteiger partial charge in [-0.05, 0) is 5.56 Å². The Kier molecular flexibility index (Phi) is 5.45. The summed E-state index contributed by atoms with van der Waals surface area (Å²) in [6, 6.07) is 9.63. The Morgan fingerprint density at radius 1 is 1.25 bits per heavy atom. The van der Waals surface area contributed by atoms with E-state index in [1.165, 1.54) is 0 Å². The molecule has 2 N–H and O–H groups in total. The van der Waals surface area contributed by atoms with Crippen molar-refractivity contribution in [2.24, 2.45) is 0 Å². The number of aromatic nitrogens is 1. The van der Waals surface area contributed by atoms with Crippen LogP contribution in [0.2, 0.25) is 0 Å². The van der Waals surface area contributed by atoms with Gasteiger partial charge in [0.25, 0.3) is 0 Å². The second-order valence-electron chi connectivity index (χ2n) is 5.42. The fraction of sp³-hybridized carbons (Fsp3) is 0.294. The molecule has 6 nitrogen and oxygen atoms in total. The maximum Gasteiger partial charge on any atom is 0.244 e. The average molecular weight is 344 g/mol. The lowest BCUT2D eigenvalue weighted by Crippen LogP contribution is -2.37. The third-order valence-electron chi connectivity index (χ3n) is 3.64. The fourth-order valence-electron chi connectivity index (χ4n) is 2.34. The number of benzene rings is 1. The predicted molar refractivity (Wildman–Crippen MR) is 95.6 cm³/mol. The highest BCUT2D eigenvalue weighted by molar-refractivity contribution is 7.13. The number of anilines is 1. The van der Waals surface area contributed by atoms with Crippen LogP contribution in [0.4, 0.5) is 5.13 Å². The maximum atomic E-state index is 12.1. The Morgan fingerprint density at radius 3 is 2.75 bits per heavy atom. The number of amides is 1. The predicted octanol–water partition coefficient (Wildman–Crippen LogP) is 1.81. The Bertz CT molecular complexity index is 696. The Labute approximate surface area is 145 Å². The number of thiazole rings is 1. The normalized spacial score (nSPS) is 14.2. The second-order valence-corrected chi connectivity index (χ2v) is 6.25. The zero-order chi connectivity index (χ0) is 16.8. The molecule has 0 atom stereocenters. The summed E-state index contributed by atoms with van der Waals surface area (Å²) < 4.78 is 5.34. The van der Waals surface area contributed by atoms with Gasteiger partial charge < -0.3 is 9.64 Å². The molecule has 1 fully saturated rings. The Morgan fingerprint density at radius 2 is 2.00 bits per heavy atom. The number of carbonyl (C=O) groups is 1. The van der Waals surface area contributed by atoms with Crippen LogP contribution in [-0.2, 0) is 16.0 Å². The van der Waals surface area contributed by atoms with E-state index in [0.717, 1.165) is 42.7 Å². The lowest BCUT2D eigenvalue weighted by molar-refractivity contribution is -0.121. The molecule has 0 radical (unpaired) electrons. The third-order valence-corrected chi connectivity index (χ3v) is 4.59. The summed E-state index contributed by atoms with van der Waals surface area (Å²) in [6.45, 7) is 7.05. The molecule has 1 aliphatic heterocycles. The molecule has 126 valence electrons. The van der Waals surface area contributed by atoms with Crippen molar-refractivity contribution < 1.29 is 9.53 Å². The first kappa shape index (κ1) is 16.5. The number of ether oxygens (including phenoxy) is 1. The number of morpholine rings is 1. The van der Waals surface area contributed by atoms with E-state index in [4.69, 9.17) is 4.74 Å². The highest BCUT2D eigenvalue weighted by atomic mass is 32.1. The first-order valence-corrected chi connectivity index (χ1v) is 8.66. The molecule has 0 saturated carbocycles. The van der Waals surface area contributed by atoms with Crippen LogP contribution in [0.1, 0.15) is 11.3 Å². The van der Waals surface area contributed by atoms with Crippen molar-refractivity contribution in [1.29, 1.82) is 0 Å². The van der Waals surface area contributed by atoms with Crippen LogP contribution in [0.5, 0.6) is 0 Å². The van der Waals surface area contributed by atoms with Crippen LogP contribution in [0.3, 0.4) is 0 Å². The minimum absolute atomic E-state index is 0.147. The molecule has 2 heterocycles. The first-order chi connectivity index (χ1) is 11.7. The van der Waals surface area contributed by atoms with Crippen LogP contribution >= 0.6 is 11.3 Å². The largest absolute Gasteiger partial charge is 0.378 e. The van der Waals surface area contributed by atoms with E-state index < -0.39 is 0 Å². The first-order valence-electron chi connectivity index (χ1n) is 7.78. The van der Waals surface area contributed by atoms with Gasteiger partial charge >= 0.3 is 0 Å². The third kappa shape index (κ3) is 4.33. The zero-order valence-corrected chi connectivity index (χ0v) is 14.1. The summed E-state index contributed by atoms with van der Waals surface area (Å²) >= 11 is 1.56. The van der Waals surface area contributed by atoms with Crippen molar-refractivity contribution >= 4 is 28.1 Å². The van der Waals surface area contributed by atoms with E-state index in [-0.39, 0.29) is 12.3 Å². The summed E-state index contributed by atoms with van der Waals surface area (Å²) in [4.78, 5) is 18.8. The maximum absolute atomic E-state index is 12.1. The molecule has 1 aromatic carbocycles. The zero-order valence-electron chi connectivity index (χ0n) is 13.3. The van der Waals surface area contributed by atoms with Gasteiger partial charge in [0.05, 0.1) is 31.0 Å². The molecule has 0 bridgehead atoms. The van der Waals surface area contributed by atoms with Crippen molar-refractivity contribution in [2.75, 3.05) is 31.2 Å². The number of hydrogen-bond donors (Lipinski definition) is 2. The summed E-state index contributed by atoms with van der Waals surface area (Å²) in [6.07, 6.45) is 0.232. The van der Waals surface area contributed by atoms with E-state index in [1.807, 2.05) is 35.7 Å². The van der Waals surface area contributed by atoms with Crippen LogP contribution in [0.25, 0.3) is 5.70 Å². The minimum atomic E-state index is -0.147. The van der Waals surface area contributed by atoms with Gasteiger partial charge in [-0.3, -0.25) is 15.6 Å². The summed E-state index contributed by atoms with van der Waals surface area (Å²) in [5.74, 6) is -0.147. The molecule has 0 unspecified atom stereocenters. The van der Waals surface area contributed by atoms with Gasteiger partial charge in [-0.1, -0.05) is 36.9 Å². The second kappa shape index (κ2) is 7.94. The fourth-order valence-corrected chi connectivity index (χ4v) is 3.22. The molecule has 7 heteroatoms. The van der Waals surface area contributed by atoms with Crippen LogP contribution < -0.4 is 15.8 Å². The van der Waals surface area contributed by atoms with Gasteiger partial charge in [0.2, 0.25) is 5.91 Å². The van der Waals surface area contributed by atoms with E-state index in [0.29, 0.717) is 5.70 Å². The average Bonchev–Trinajstić information content (AvgIpc) is 3.09. The summed E-state index contributed by atoms with van der Waals surface area (Å²) in [5.41, 5.74) is 7.85. The van der Waals surface area contributed by atoms with Crippen LogP contribution in [0.15, 0.2) is 42.3 Å². The van der Waals surface area contributed by atoms with E-state index >= 15 is 0 Å². The number of nitrogens with one attached hydrogen (secondary N) is 2. The van der Waals surface area contributed by atoms with Crippen molar-refractivity contribution in [3.05, 3.63) is 53.5 Å². The molecule has 0 aliphatic carbocycles. The molecule has 1 aromatic heterocycles. The molecule has 24 heavy (non-hydrogen) atoms. The number of hydrogen-bond acceptors (Lipinski definition) is 6. The van der Waals surface area contributed by atoms with Gasteiger partial charge in [-0.15, -0.1) is 11.3 Å². The quantitative estimate of drug-likeness (QED) is 0.783. The topological polar surface area (TPSA) is 66.5 Å². The van der Waals surface area contributed by atoms with Gasteiger partial charge in [0.1, 0.15) is 0 Å². The van der Waals surface area contributed by atoms with Crippen LogP contribution in [0, 0.1) is 0 Å². The van der Waals surface area contributed by atoms with Crippen LogP contribution in [-0.4, -0.2) is 37.2 Å². The highest BCUT2D eigenvalue weighted by Crippen LogP contribution is 2.21. The highest BCUT2D eigenvalue weighted by Gasteiger charge is 2.15. The molecule has 0 spiro atoms. The summed E-state index contributed by atoms with van der Waals surface area (Å²) in [7, 11) is 0. The van der Waals surface area contributed by atoms with Gasteiger partial charge in [0.15, 0.2) is 5.13 Å². The lowest BCUT2D eigenvalue weighted by Gasteiger charge is -2.26. The molecule has 1 aliphatic rings. The van der Waals surface area contributed by atoms with Crippen molar-refractivity contribution in [3.63, 3.8) is 0 Å². The molecular weight excluding hydrogens is 324 g/mol. The van der Waals surface area contributed by atoms with Gasteiger partial charge in [-0.25, -0.2) is 4.98 Å². The molecular formula is C17H20N4O2S. The summed E-state index contributed by atoms with van der Waals surface area (Å²) in [5, 5.41) is 2.87. The smallest absolute Gasteiger partial charge is 0.244 e. The lowest BCUT2D eigenvalue weighted by atomic mass is 10.2. The molecule has 1 saturated heterocycles. The standard InChI is InChI=1S/C17H20N4O2S/c1-13(14-5-3-2-4-6-14)19-20-16(22)11-15-12-24-17(18-15)21-7-9-23-10-8-21/h2-6,12,19H,1,7-11H2,(H,20,22). The van der Waals surface area contributed by atoms with Gasteiger partial charge in [-0.2, -0.15) is 0 Å².